The minimum absolute atomic E-state index is 0.230. The van der Waals surface area contributed by atoms with Crippen LogP contribution in [-0.4, -0.2) is 5.54 Å². The molecular weight excluding hydrogens is 110 g/mol. The average Bonchev–Trinajstić information content (AvgIpc) is 2.44. The van der Waals surface area contributed by atoms with Crippen LogP contribution in [0.5, 0.6) is 0 Å². The lowest BCUT2D eigenvalue weighted by molar-refractivity contribution is 0.469. The first-order valence-electron chi connectivity index (χ1n) is 3.89. The highest BCUT2D eigenvalue weighted by Crippen LogP contribution is 2.48. The summed E-state index contributed by atoms with van der Waals surface area (Å²) >= 11 is 0. The highest BCUT2D eigenvalue weighted by Gasteiger charge is 2.50. The third-order valence-corrected chi connectivity index (χ3v) is 2.64. The fourth-order valence-electron chi connectivity index (χ4n) is 1.66. The molecule has 0 aliphatic heterocycles. The summed E-state index contributed by atoms with van der Waals surface area (Å²) in [6.07, 6.45) is 2.40. The van der Waals surface area contributed by atoms with Gasteiger partial charge in [-0.25, -0.2) is 0 Å². The van der Waals surface area contributed by atoms with E-state index in [1.54, 1.807) is 0 Å². The fourth-order valence-corrected chi connectivity index (χ4v) is 1.66. The zero-order valence-electron chi connectivity index (χ0n) is 6.65. The molecule has 1 fully saturated rings. The Morgan fingerprint density at radius 3 is 2.33 bits per heavy atom. The molecule has 1 saturated carbocycles. The van der Waals surface area contributed by atoms with Crippen molar-refractivity contribution in [1.29, 1.82) is 0 Å². The van der Waals surface area contributed by atoms with Crippen molar-refractivity contribution in [2.45, 2.75) is 39.2 Å². The van der Waals surface area contributed by atoms with E-state index >= 15 is 0 Å². The van der Waals surface area contributed by atoms with Crippen molar-refractivity contribution in [3.63, 3.8) is 0 Å². The van der Waals surface area contributed by atoms with Crippen LogP contribution in [0.4, 0.5) is 0 Å². The van der Waals surface area contributed by atoms with E-state index in [-0.39, 0.29) is 5.54 Å². The van der Waals surface area contributed by atoms with Gasteiger partial charge in [0.1, 0.15) is 0 Å². The maximum atomic E-state index is 5.99. The van der Waals surface area contributed by atoms with E-state index < -0.39 is 0 Å². The van der Waals surface area contributed by atoms with E-state index in [2.05, 4.69) is 20.8 Å². The van der Waals surface area contributed by atoms with E-state index in [1.807, 2.05) is 0 Å². The quantitative estimate of drug-likeness (QED) is 0.601. The van der Waals surface area contributed by atoms with Gasteiger partial charge in [0.05, 0.1) is 0 Å². The molecule has 0 saturated heterocycles. The predicted octanol–water partition coefficient (Wildman–Crippen LogP) is 1.77. The number of hydrogen-bond donors (Lipinski definition) is 1. The summed E-state index contributed by atoms with van der Waals surface area (Å²) in [4.78, 5) is 0. The van der Waals surface area contributed by atoms with Crippen LogP contribution in [0.25, 0.3) is 0 Å². The standard InChI is InChI=1S/C8H17N/c1-4-8(9)5-7(8)6(2)3/h6-7H,4-5,9H2,1-3H3. The van der Waals surface area contributed by atoms with Crippen molar-refractivity contribution in [2.75, 3.05) is 0 Å². The second-order valence-electron chi connectivity index (χ2n) is 3.64. The SMILES string of the molecule is CCC1(N)CC1C(C)C. The minimum Gasteiger partial charge on any atom is -0.325 e. The lowest BCUT2D eigenvalue weighted by atomic mass is 10.0. The Kier molecular flexibility index (Phi) is 1.55. The first kappa shape index (κ1) is 7.07. The van der Waals surface area contributed by atoms with Crippen LogP contribution >= 0.6 is 0 Å². The van der Waals surface area contributed by atoms with E-state index in [9.17, 15) is 0 Å². The Balaban J connectivity index is 2.38. The second kappa shape index (κ2) is 1.98. The number of nitrogens with two attached hydrogens (primary N) is 1. The van der Waals surface area contributed by atoms with Crippen LogP contribution in [0.15, 0.2) is 0 Å². The zero-order chi connectivity index (χ0) is 7.07. The average molecular weight is 127 g/mol. The van der Waals surface area contributed by atoms with Gasteiger partial charge >= 0.3 is 0 Å². The third-order valence-electron chi connectivity index (χ3n) is 2.64. The van der Waals surface area contributed by atoms with Crippen molar-refractivity contribution in [3.8, 4) is 0 Å². The molecule has 1 aliphatic rings. The Morgan fingerprint density at radius 2 is 2.22 bits per heavy atom. The molecule has 0 spiro atoms. The summed E-state index contributed by atoms with van der Waals surface area (Å²) in [5.74, 6) is 1.59. The van der Waals surface area contributed by atoms with Gasteiger partial charge in [0, 0.05) is 5.54 Å². The van der Waals surface area contributed by atoms with Gasteiger partial charge in [-0.05, 0) is 24.7 Å². The maximum Gasteiger partial charge on any atom is 0.0186 e. The van der Waals surface area contributed by atoms with Crippen LogP contribution in [0.3, 0.4) is 0 Å². The minimum atomic E-state index is 0.230. The number of hydrogen-bond acceptors (Lipinski definition) is 1. The van der Waals surface area contributed by atoms with Gasteiger partial charge in [-0.2, -0.15) is 0 Å². The lowest BCUT2D eigenvalue weighted by Crippen LogP contribution is -2.25. The Morgan fingerprint density at radius 1 is 1.67 bits per heavy atom. The topological polar surface area (TPSA) is 26.0 Å². The van der Waals surface area contributed by atoms with E-state index in [1.165, 1.54) is 6.42 Å². The highest BCUT2D eigenvalue weighted by atomic mass is 14.9. The molecule has 1 aliphatic carbocycles. The van der Waals surface area contributed by atoms with Gasteiger partial charge in [-0.15, -0.1) is 0 Å². The van der Waals surface area contributed by atoms with E-state index in [4.69, 9.17) is 5.73 Å². The second-order valence-corrected chi connectivity index (χ2v) is 3.64. The molecule has 1 rings (SSSR count). The van der Waals surface area contributed by atoms with Crippen LogP contribution in [0.2, 0.25) is 0 Å². The molecule has 0 heterocycles. The molecule has 0 aromatic heterocycles. The maximum absolute atomic E-state index is 5.99. The Hall–Kier alpha value is -0.0400. The van der Waals surface area contributed by atoms with Gasteiger partial charge in [0.25, 0.3) is 0 Å². The summed E-state index contributed by atoms with van der Waals surface area (Å²) in [5.41, 5.74) is 6.22. The van der Waals surface area contributed by atoms with E-state index in [0.717, 1.165) is 18.3 Å². The molecule has 54 valence electrons. The molecule has 2 atom stereocenters. The monoisotopic (exact) mass is 127 g/mol. The van der Waals surface area contributed by atoms with Crippen molar-refractivity contribution in [2.24, 2.45) is 17.6 Å². The molecule has 1 nitrogen and oxygen atoms in total. The summed E-state index contributed by atoms with van der Waals surface area (Å²) in [5, 5.41) is 0. The molecular formula is C8H17N. The first-order chi connectivity index (χ1) is 4.10. The van der Waals surface area contributed by atoms with Crippen LogP contribution < -0.4 is 5.73 Å². The van der Waals surface area contributed by atoms with Gasteiger partial charge in [0.15, 0.2) is 0 Å². The van der Waals surface area contributed by atoms with Crippen LogP contribution in [0, 0.1) is 11.8 Å². The van der Waals surface area contributed by atoms with E-state index in [0.29, 0.717) is 0 Å². The van der Waals surface area contributed by atoms with Gasteiger partial charge < -0.3 is 5.73 Å². The molecule has 9 heavy (non-hydrogen) atoms. The lowest BCUT2D eigenvalue weighted by Gasteiger charge is -2.09. The van der Waals surface area contributed by atoms with Gasteiger partial charge in [0.2, 0.25) is 0 Å². The molecule has 0 aromatic carbocycles. The molecule has 1 heteroatoms. The smallest absolute Gasteiger partial charge is 0.0186 e. The van der Waals surface area contributed by atoms with Gasteiger partial charge in [-0.1, -0.05) is 20.8 Å². The Labute approximate surface area is 57.6 Å². The summed E-state index contributed by atoms with van der Waals surface area (Å²) in [6, 6.07) is 0. The zero-order valence-corrected chi connectivity index (χ0v) is 6.65. The highest BCUT2D eigenvalue weighted by molar-refractivity contribution is 5.07. The first-order valence-corrected chi connectivity index (χ1v) is 3.89. The van der Waals surface area contributed by atoms with Crippen LogP contribution in [-0.2, 0) is 0 Å². The van der Waals surface area contributed by atoms with Crippen molar-refractivity contribution < 1.29 is 0 Å². The fraction of sp³-hybridized carbons (Fsp3) is 1.00. The van der Waals surface area contributed by atoms with Gasteiger partial charge in [-0.3, -0.25) is 0 Å². The van der Waals surface area contributed by atoms with Crippen molar-refractivity contribution >= 4 is 0 Å². The Bertz CT molecular complexity index is 109. The summed E-state index contributed by atoms with van der Waals surface area (Å²) in [6.45, 7) is 6.70. The molecule has 2 N–H and O–H groups in total. The third kappa shape index (κ3) is 1.11. The predicted molar refractivity (Wildman–Crippen MR) is 40.2 cm³/mol. The molecule has 2 unspecified atom stereocenters. The van der Waals surface area contributed by atoms with Crippen molar-refractivity contribution in [3.05, 3.63) is 0 Å². The molecule has 0 aromatic rings. The van der Waals surface area contributed by atoms with Crippen LogP contribution in [0.1, 0.15) is 33.6 Å². The normalized spacial score (nSPS) is 41.7. The largest absolute Gasteiger partial charge is 0.325 e. The molecule has 0 bridgehead atoms. The summed E-state index contributed by atoms with van der Waals surface area (Å²) in [7, 11) is 0. The van der Waals surface area contributed by atoms with Crippen molar-refractivity contribution in [1.82, 2.24) is 0 Å². The number of rotatable bonds is 2. The molecule has 0 radical (unpaired) electrons. The molecule has 0 amide bonds. The summed E-state index contributed by atoms with van der Waals surface area (Å²) < 4.78 is 0.